The fraction of sp³-hybridized carbons (Fsp3) is 0.200. The first kappa shape index (κ1) is 14.0. The zero-order valence-corrected chi connectivity index (χ0v) is 12.3. The van der Waals surface area contributed by atoms with Gasteiger partial charge in [0, 0.05) is 18.0 Å². The number of rotatable bonds is 4. The van der Waals surface area contributed by atoms with E-state index in [0.29, 0.717) is 29.5 Å². The fourth-order valence-electron chi connectivity index (χ4n) is 2.13. The fourth-order valence-corrected chi connectivity index (χ4v) is 2.13. The quantitative estimate of drug-likeness (QED) is 0.797. The van der Waals surface area contributed by atoms with Gasteiger partial charge < -0.3 is 10.1 Å². The van der Waals surface area contributed by atoms with Crippen LogP contribution in [0.2, 0.25) is 0 Å². The summed E-state index contributed by atoms with van der Waals surface area (Å²) in [5.74, 6) is 0.587. The lowest BCUT2D eigenvalue weighted by atomic mass is 10.3. The van der Waals surface area contributed by atoms with E-state index in [1.54, 1.807) is 36.7 Å². The van der Waals surface area contributed by atoms with Crippen LogP contribution >= 0.6 is 0 Å². The minimum Gasteiger partial charge on any atom is -0.490 e. The van der Waals surface area contributed by atoms with Gasteiger partial charge in [-0.25, -0.2) is 14.5 Å². The van der Waals surface area contributed by atoms with E-state index in [9.17, 15) is 4.79 Å². The lowest BCUT2D eigenvalue weighted by Gasteiger charge is -2.11. The highest BCUT2D eigenvalue weighted by atomic mass is 16.5. The van der Waals surface area contributed by atoms with Crippen LogP contribution in [0.4, 0.5) is 5.82 Å². The molecule has 0 saturated heterocycles. The van der Waals surface area contributed by atoms with Crippen molar-refractivity contribution in [3.05, 3.63) is 48.0 Å². The van der Waals surface area contributed by atoms with Gasteiger partial charge >= 0.3 is 0 Å². The SMILES string of the molecule is CCOc1cccnc1NC(=O)c1cc(C)nc2ccnn12. The maximum atomic E-state index is 12.5. The highest BCUT2D eigenvalue weighted by Gasteiger charge is 2.15. The summed E-state index contributed by atoms with van der Waals surface area (Å²) in [6.07, 6.45) is 3.20. The van der Waals surface area contributed by atoms with Gasteiger partial charge in [-0.2, -0.15) is 5.10 Å². The van der Waals surface area contributed by atoms with Crippen LogP contribution in [0.1, 0.15) is 23.1 Å². The summed E-state index contributed by atoms with van der Waals surface area (Å²) < 4.78 is 6.95. The van der Waals surface area contributed by atoms with E-state index < -0.39 is 0 Å². The number of aryl methyl sites for hydroxylation is 1. The Balaban J connectivity index is 1.96. The number of anilines is 1. The Morgan fingerprint density at radius 3 is 3.05 bits per heavy atom. The predicted octanol–water partition coefficient (Wildman–Crippen LogP) is 2.08. The van der Waals surface area contributed by atoms with Crippen LogP contribution in [0.3, 0.4) is 0 Å². The second-order valence-electron chi connectivity index (χ2n) is 4.62. The summed E-state index contributed by atoms with van der Waals surface area (Å²) in [7, 11) is 0. The number of nitrogens with zero attached hydrogens (tertiary/aromatic N) is 4. The topological polar surface area (TPSA) is 81.4 Å². The van der Waals surface area contributed by atoms with Crippen LogP contribution in [-0.4, -0.2) is 32.1 Å². The molecule has 7 nitrogen and oxygen atoms in total. The van der Waals surface area contributed by atoms with Crippen molar-refractivity contribution in [3.8, 4) is 5.75 Å². The molecule has 0 aliphatic rings. The smallest absolute Gasteiger partial charge is 0.275 e. The maximum Gasteiger partial charge on any atom is 0.275 e. The molecule has 3 aromatic heterocycles. The number of hydrogen-bond acceptors (Lipinski definition) is 5. The standard InChI is InChI=1S/C15H15N5O2/c1-3-22-12-5-4-7-16-14(12)19-15(21)11-9-10(2)18-13-6-8-17-20(11)13/h4-9H,3H2,1-2H3,(H,16,19,21). The van der Waals surface area contributed by atoms with Crippen molar-refractivity contribution in [3.63, 3.8) is 0 Å². The zero-order valence-electron chi connectivity index (χ0n) is 12.3. The van der Waals surface area contributed by atoms with Crippen LogP contribution in [-0.2, 0) is 0 Å². The molecule has 3 rings (SSSR count). The van der Waals surface area contributed by atoms with Gasteiger partial charge in [-0.15, -0.1) is 0 Å². The molecular formula is C15H15N5O2. The third-order valence-corrected chi connectivity index (χ3v) is 3.02. The van der Waals surface area contributed by atoms with Gasteiger partial charge in [0.1, 0.15) is 5.69 Å². The Morgan fingerprint density at radius 1 is 1.36 bits per heavy atom. The van der Waals surface area contributed by atoms with Crippen LogP contribution in [0, 0.1) is 6.92 Å². The second-order valence-corrected chi connectivity index (χ2v) is 4.62. The van der Waals surface area contributed by atoms with Crippen molar-refractivity contribution in [1.82, 2.24) is 19.6 Å². The summed E-state index contributed by atoms with van der Waals surface area (Å²) in [6.45, 7) is 4.20. The largest absolute Gasteiger partial charge is 0.490 e. The average Bonchev–Trinajstić information content (AvgIpc) is 2.96. The third-order valence-electron chi connectivity index (χ3n) is 3.02. The van der Waals surface area contributed by atoms with E-state index in [-0.39, 0.29) is 5.91 Å². The monoisotopic (exact) mass is 297 g/mol. The molecule has 0 unspecified atom stereocenters. The van der Waals surface area contributed by atoms with Crippen molar-refractivity contribution in [2.24, 2.45) is 0 Å². The van der Waals surface area contributed by atoms with Gasteiger partial charge in [0.2, 0.25) is 0 Å². The van der Waals surface area contributed by atoms with E-state index in [1.807, 2.05) is 13.8 Å². The summed E-state index contributed by atoms with van der Waals surface area (Å²) >= 11 is 0. The third kappa shape index (κ3) is 2.60. The molecule has 0 saturated carbocycles. The molecule has 0 aliphatic heterocycles. The molecule has 3 heterocycles. The number of pyridine rings is 1. The summed E-state index contributed by atoms with van der Waals surface area (Å²) in [5.41, 5.74) is 1.75. The van der Waals surface area contributed by atoms with Gasteiger partial charge in [0.05, 0.1) is 12.8 Å². The summed E-state index contributed by atoms with van der Waals surface area (Å²) in [6, 6.07) is 6.94. The predicted molar refractivity (Wildman–Crippen MR) is 81.1 cm³/mol. The Morgan fingerprint density at radius 2 is 2.23 bits per heavy atom. The van der Waals surface area contributed by atoms with E-state index in [4.69, 9.17) is 4.74 Å². The van der Waals surface area contributed by atoms with Crippen LogP contribution in [0.5, 0.6) is 5.75 Å². The number of amides is 1. The Hall–Kier alpha value is -2.96. The number of carbonyl (C=O) groups excluding carboxylic acids is 1. The molecule has 3 aromatic rings. The molecule has 22 heavy (non-hydrogen) atoms. The molecule has 0 fully saturated rings. The van der Waals surface area contributed by atoms with E-state index in [1.165, 1.54) is 4.52 Å². The van der Waals surface area contributed by atoms with Gasteiger partial charge in [0.15, 0.2) is 17.2 Å². The zero-order chi connectivity index (χ0) is 15.5. The van der Waals surface area contributed by atoms with Crippen LogP contribution in [0.15, 0.2) is 36.7 Å². The second kappa shape index (κ2) is 5.80. The molecule has 1 amide bonds. The number of carbonyl (C=O) groups is 1. The molecule has 0 aliphatic carbocycles. The van der Waals surface area contributed by atoms with Gasteiger partial charge in [-0.1, -0.05) is 0 Å². The van der Waals surface area contributed by atoms with Crippen LogP contribution < -0.4 is 10.1 Å². The average molecular weight is 297 g/mol. The van der Waals surface area contributed by atoms with Crippen molar-refractivity contribution in [1.29, 1.82) is 0 Å². The van der Waals surface area contributed by atoms with Crippen molar-refractivity contribution in [2.45, 2.75) is 13.8 Å². The number of ether oxygens (including phenoxy) is 1. The Labute approximate surface area is 127 Å². The van der Waals surface area contributed by atoms with Crippen molar-refractivity contribution in [2.75, 3.05) is 11.9 Å². The minimum absolute atomic E-state index is 0.321. The summed E-state index contributed by atoms with van der Waals surface area (Å²) in [5, 5.41) is 6.88. The molecule has 0 radical (unpaired) electrons. The van der Waals surface area contributed by atoms with Crippen molar-refractivity contribution < 1.29 is 9.53 Å². The van der Waals surface area contributed by atoms with Crippen molar-refractivity contribution >= 4 is 17.4 Å². The normalized spacial score (nSPS) is 10.6. The maximum absolute atomic E-state index is 12.5. The number of hydrogen-bond donors (Lipinski definition) is 1. The number of nitrogens with one attached hydrogen (secondary N) is 1. The van der Waals surface area contributed by atoms with Gasteiger partial charge in [-0.3, -0.25) is 4.79 Å². The first-order chi connectivity index (χ1) is 10.7. The molecule has 0 atom stereocenters. The lowest BCUT2D eigenvalue weighted by Crippen LogP contribution is -2.18. The highest BCUT2D eigenvalue weighted by Crippen LogP contribution is 2.21. The number of fused-ring (bicyclic) bond motifs is 1. The van der Waals surface area contributed by atoms with Gasteiger partial charge in [0.25, 0.3) is 5.91 Å². The molecule has 112 valence electrons. The molecule has 0 bridgehead atoms. The van der Waals surface area contributed by atoms with Crippen LogP contribution in [0.25, 0.3) is 5.65 Å². The van der Waals surface area contributed by atoms with E-state index in [0.717, 1.165) is 5.69 Å². The summed E-state index contributed by atoms with van der Waals surface area (Å²) in [4.78, 5) is 21.0. The first-order valence-corrected chi connectivity index (χ1v) is 6.89. The van der Waals surface area contributed by atoms with E-state index >= 15 is 0 Å². The Bertz CT molecular complexity index is 828. The Kier molecular flexibility index (Phi) is 3.69. The number of aromatic nitrogens is 4. The first-order valence-electron chi connectivity index (χ1n) is 6.89. The highest BCUT2D eigenvalue weighted by molar-refractivity contribution is 6.03. The lowest BCUT2D eigenvalue weighted by molar-refractivity contribution is 0.101. The van der Waals surface area contributed by atoms with E-state index in [2.05, 4.69) is 20.4 Å². The molecule has 0 spiro atoms. The molecule has 1 N–H and O–H groups in total. The minimum atomic E-state index is -0.321. The molecule has 0 aromatic carbocycles. The van der Waals surface area contributed by atoms with Gasteiger partial charge in [-0.05, 0) is 32.0 Å². The molecule has 7 heteroatoms. The molecular weight excluding hydrogens is 282 g/mol.